The Morgan fingerprint density at radius 2 is 2.06 bits per heavy atom. The number of nitrogens with one attached hydrogen (secondary N) is 1. The van der Waals surface area contributed by atoms with Crippen molar-refractivity contribution >= 4 is 0 Å². The molecular weight excluding hydrogens is 210 g/mol. The Morgan fingerprint density at radius 3 is 2.65 bits per heavy atom. The Kier molecular flexibility index (Phi) is 6.06. The molecule has 0 bridgehead atoms. The third-order valence-corrected chi connectivity index (χ3v) is 3.47. The van der Waals surface area contributed by atoms with E-state index in [1.807, 2.05) is 6.07 Å². The van der Waals surface area contributed by atoms with Crippen LogP contribution in [-0.2, 0) is 0 Å². The van der Waals surface area contributed by atoms with Crippen molar-refractivity contribution in [1.82, 2.24) is 5.32 Å². The van der Waals surface area contributed by atoms with Crippen LogP contribution in [0.2, 0.25) is 0 Å². The van der Waals surface area contributed by atoms with E-state index in [1.54, 1.807) is 7.11 Å². The molecule has 0 spiro atoms. The Bertz CT molecular complexity index is 324. The van der Waals surface area contributed by atoms with Gasteiger partial charge >= 0.3 is 0 Å². The van der Waals surface area contributed by atoms with E-state index in [4.69, 9.17) is 4.74 Å². The van der Waals surface area contributed by atoms with Crippen LogP contribution in [0.15, 0.2) is 24.3 Å². The summed E-state index contributed by atoms with van der Waals surface area (Å²) < 4.78 is 5.30. The maximum Gasteiger partial charge on any atom is 0.119 e. The number of hydrogen-bond acceptors (Lipinski definition) is 2. The Balaban J connectivity index is 2.86. The maximum atomic E-state index is 5.30. The average Bonchev–Trinajstić information content (AvgIpc) is 2.39. The van der Waals surface area contributed by atoms with Gasteiger partial charge < -0.3 is 10.1 Å². The highest BCUT2D eigenvalue weighted by Gasteiger charge is 2.17. The van der Waals surface area contributed by atoms with E-state index in [0.29, 0.717) is 11.8 Å². The fourth-order valence-corrected chi connectivity index (χ4v) is 2.10. The topological polar surface area (TPSA) is 21.3 Å². The van der Waals surface area contributed by atoms with Gasteiger partial charge in [-0.1, -0.05) is 39.3 Å². The second-order valence-electron chi connectivity index (χ2n) is 4.58. The standard InChI is InChI=1S/C15H25NO/c1-5-12(3)15(11-16-6-2)13-8-7-9-14(10-13)17-4/h7-10,12,15-16H,5-6,11H2,1-4H3. The molecule has 0 aliphatic rings. The molecule has 1 N–H and O–H groups in total. The summed E-state index contributed by atoms with van der Waals surface area (Å²) >= 11 is 0. The van der Waals surface area contributed by atoms with E-state index in [9.17, 15) is 0 Å². The van der Waals surface area contributed by atoms with Gasteiger partial charge in [0, 0.05) is 6.54 Å². The number of rotatable bonds is 7. The van der Waals surface area contributed by atoms with Crippen LogP contribution in [0.4, 0.5) is 0 Å². The number of likely N-dealkylation sites (N-methyl/N-ethyl adjacent to an activating group) is 1. The largest absolute Gasteiger partial charge is 0.497 e. The van der Waals surface area contributed by atoms with Crippen LogP contribution in [0.25, 0.3) is 0 Å². The van der Waals surface area contributed by atoms with Gasteiger partial charge in [0.1, 0.15) is 5.75 Å². The molecule has 2 unspecified atom stereocenters. The minimum Gasteiger partial charge on any atom is -0.497 e. The highest BCUT2D eigenvalue weighted by atomic mass is 16.5. The predicted octanol–water partition coefficient (Wildman–Crippen LogP) is 3.43. The molecule has 0 saturated heterocycles. The molecule has 2 atom stereocenters. The first kappa shape index (κ1) is 14.0. The summed E-state index contributed by atoms with van der Waals surface area (Å²) in [5.74, 6) is 2.20. The fraction of sp³-hybridized carbons (Fsp3) is 0.600. The maximum absolute atomic E-state index is 5.30. The second kappa shape index (κ2) is 7.33. The molecule has 96 valence electrons. The molecular formula is C15H25NO. The molecule has 0 aliphatic heterocycles. The number of benzene rings is 1. The summed E-state index contributed by atoms with van der Waals surface area (Å²) in [5.41, 5.74) is 1.37. The highest BCUT2D eigenvalue weighted by Crippen LogP contribution is 2.28. The molecule has 2 heteroatoms. The number of methoxy groups -OCH3 is 1. The third-order valence-electron chi connectivity index (χ3n) is 3.47. The summed E-state index contributed by atoms with van der Waals surface area (Å²) in [5, 5.41) is 3.46. The van der Waals surface area contributed by atoms with Crippen molar-refractivity contribution in [2.24, 2.45) is 5.92 Å². The van der Waals surface area contributed by atoms with Gasteiger partial charge in [0.2, 0.25) is 0 Å². The molecule has 0 aliphatic carbocycles. The molecule has 0 radical (unpaired) electrons. The lowest BCUT2D eigenvalue weighted by Gasteiger charge is -2.24. The lowest BCUT2D eigenvalue weighted by Crippen LogP contribution is -2.25. The van der Waals surface area contributed by atoms with E-state index in [2.05, 4.69) is 44.3 Å². The first-order valence-corrected chi connectivity index (χ1v) is 6.57. The lowest BCUT2D eigenvalue weighted by molar-refractivity contribution is 0.405. The van der Waals surface area contributed by atoms with Crippen molar-refractivity contribution in [1.29, 1.82) is 0 Å². The van der Waals surface area contributed by atoms with Crippen LogP contribution in [-0.4, -0.2) is 20.2 Å². The van der Waals surface area contributed by atoms with Gasteiger partial charge in [0.25, 0.3) is 0 Å². The fourth-order valence-electron chi connectivity index (χ4n) is 2.10. The van der Waals surface area contributed by atoms with E-state index in [0.717, 1.165) is 18.8 Å². The zero-order chi connectivity index (χ0) is 12.7. The van der Waals surface area contributed by atoms with E-state index in [1.165, 1.54) is 12.0 Å². The quantitative estimate of drug-likeness (QED) is 0.781. The molecule has 17 heavy (non-hydrogen) atoms. The van der Waals surface area contributed by atoms with E-state index in [-0.39, 0.29) is 0 Å². The van der Waals surface area contributed by atoms with Crippen molar-refractivity contribution in [3.63, 3.8) is 0 Å². The van der Waals surface area contributed by atoms with E-state index < -0.39 is 0 Å². The van der Waals surface area contributed by atoms with Gasteiger partial charge in [-0.05, 0) is 36.1 Å². The summed E-state index contributed by atoms with van der Waals surface area (Å²) in [6.45, 7) is 8.79. The van der Waals surface area contributed by atoms with Gasteiger partial charge in [-0.3, -0.25) is 0 Å². The molecule has 0 fully saturated rings. The second-order valence-corrected chi connectivity index (χ2v) is 4.58. The zero-order valence-electron chi connectivity index (χ0n) is 11.5. The summed E-state index contributed by atoms with van der Waals surface area (Å²) in [4.78, 5) is 0. The zero-order valence-corrected chi connectivity index (χ0v) is 11.5. The van der Waals surface area contributed by atoms with Crippen LogP contribution in [0, 0.1) is 5.92 Å². The normalized spacial score (nSPS) is 14.4. The van der Waals surface area contributed by atoms with Gasteiger partial charge in [0.15, 0.2) is 0 Å². The molecule has 1 aromatic carbocycles. The average molecular weight is 235 g/mol. The number of hydrogen-bond donors (Lipinski definition) is 1. The highest BCUT2D eigenvalue weighted by molar-refractivity contribution is 5.31. The summed E-state index contributed by atoms with van der Waals surface area (Å²) in [6, 6.07) is 8.45. The van der Waals surface area contributed by atoms with Crippen LogP contribution >= 0.6 is 0 Å². The Morgan fingerprint density at radius 1 is 1.29 bits per heavy atom. The molecule has 1 rings (SSSR count). The SMILES string of the molecule is CCNCC(c1cccc(OC)c1)C(C)CC. The van der Waals surface area contributed by atoms with Crippen LogP contribution < -0.4 is 10.1 Å². The first-order valence-electron chi connectivity index (χ1n) is 6.57. The van der Waals surface area contributed by atoms with Crippen LogP contribution in [0.1, 0.15) is 38.7 Å². The first-order chi connectivity index (χ1) is 8.22. The van der Waals surface area contributed by atoms with E-state index >= 15 is 0 Å². The van der Waals surface area contributed by atoms with Crippen molar-refractivity contribution in [3.8, 4) is 5.75 Å². The smallest absolute Gasteiger partial charge is 0.119 e. The van der Waals surface area contributed by atoms with Crippen LogP contribution in [0.5, 0.6) is 5.75 Å². The lowest BCUT2D eigenvalue weighted by atomic mass is 9.85. The molecule has 0 amide bonds. The Labute approximate surface area is 105 Å². The van der Waals surface area contributed by atoms with Crippen molar-refractivity contribution in [2.75, 3.05) is 20.2 Å². The minimum atomic E-state index is 0.565. The van der Waals surface area contributed by atoms with Crippen molar-refractivity contribution in [3.05, 3.63) is 29.8 Å². The van der Waals surface area contributed by atoms with Gasteiger partial charge in [-0.2, -0.15) is 0 Å². The molecule has 0 saturated carbocycles. The molecule has 1 aromatic rings. The molecule has 2 nitrogen and oxygen atoms in total. The predicted molar refractivity (Wildman–Crippen MR) is 73.7 cm³/mol. The monoisotopic (exact) mass is 235 g/mol. The van der Waals surface area contributed by atoms with Gasteiger partial charge in [0.05, 0.1) is 7.11 Å². The van der Waals surface area contributed by atoms with Crippen molar-refractivity contribution in [2.45, 2.75) is 33.1 Å². The third kappa shape index (κ3) is 4.04. The minimum absolute atomic E-state index is 0.565. The number of ether oxygens (including phenoxy) is 1. The Hall–Kier alpha value is -1.02. The summed E-state index contributed by atoms with van der Waals surface area (Å²) in [6.07, 6.45) is 1.20. The molecule has 0 aromatic heterocycles. The van der Waals surface area contributed by atoms with Gasteiger partial charge in [-0.15, -0.1) is 0 Å². The van der Waals surface area contributed by atoms with Gasteiger partial charge in [-0.25, -0.2) is 0 Å². The van der Waals surface area contributed by atoms with Crippen LogP contribution in [0.3, 0.4) is 0 Å². The molecule has 0 heterocycles. The summed E-state index contributed by atoms with van der Waals surface area (Å²) in [7, 11) is 1.72. The van der Waals surface area contributed by atoms with Crippen molar-refractivity contribution < 1.29 is 4.74 Å².